The molecule has 82 valence electrons. The van der Waals surface area contributed by atoms with Crippen molar-refractivity contribution in [1.82, 2.24) is 9.97 Å². The number of anilines is 1. The number of H-pyrrole nitrogens is 1. The summed E-state index contributed by atoms with van der Waals surface area (Å²) in [4.78, 5) is 9.71. The molecule has 0 saturated carbocycles. The van der Waals surface area contributed by atoms with Gasteiger partial charge in [0.15, 0.2) is 0 Å². The molecule has 0 amide bonds. The lowest BCUT2D eigenvalue weighted by Crippen LogP contribution is -2.12. The number of aromatic amines is 1. The largest absolute Gasteiger partial charge is 0.374 e. The van der Waals surface area contributed by atoms with E-state index in [9.17, 15) is 0 Å². The Hall–Kier alpha value is -1.77. The SMILES string of the molecule is CN1CCc2cc(Cc3ncc[nH]3)ccc21. The van der Waals surface area contributed by atoms with Gasteiger partial charge in [0.25, 0.3) is 0 Å². The van der Waals surface area contributed by atoms with Crippen LogP contribution in [-0.4, -0.2) is 23.6 Å². The predicted octanol–water partition coefficient (Wildman–Crippen LogP) is 1.99. The van der Waals surface area contributed by atoms with Crippen LogP contribution in [-0.2, 0) is 12.8 Å². The van der Waals surface area contributed by atoms with E-state index in [0.29, 0.717) is 0 Å². The van der Waals surface area contributed by atoms with Gasteiger partial charge in [-0.1, -0.05) is 12.1 Å². The molecule has 1 aromatic heterocycles. The van der Waals surface area contributed by atoms with Gasteiger partial charge in [-0.2, -0.15) is 0 Å². The summed E-state index contributed by atoms with van der Waals surface area (Å²) in [6.07, 6.45) is 5.73. The normalized spacial score (nSPS) is 14.2. The van der Waals surface area contributed by atoms with Crippen molar-refractivity contribution >= 4 is 5.69 Å². The van der Waals surface area contributed by atoms with Crippen molar-refractivity contribution in [2.75, 3.05) is 18.5 Å². The number of hydrogen-bond acceptors (Lipinski definition) is 2. The van der Waals surface area contributed by atoms with Gasteiger partial charge in [-0.15, -0.1) is 0 Å². The van der Waals surface area contributed by atoms with Crippen LogP contribution in [0.25, 0.3) is 0 Å². The molecule has 3 rings (SSSR count). The first-order valence-corrected chi connectivity index (χ1v) is 5.64. The summed E-state index contributed by atoms with van der Waals surface area (Å²) >= 11 is 0. The molecule has 16 heavy (non-hydrogen) atoms. The van der Waals surface area contributed by atoms with Crippen molar-refractivity contribution in [3.05, 3.63) is 47.5 Å². The third kappa shape index (κ3) is 1.58. The zero-order valence-electron chi connectivity index (χ0n) is 9.40. The first-order valence-electron chi connectivity index (χ1n) is 5.64. The second-order valence-corrected chi connectivity index (χ2v) is 4.35. The highest BCUT2D eigenvalue weighted by atomic mass is 15.1. The monoisotopic (exact) mass is 213 g/mol. The van der Waals surface area contributed by atoms with E-state index in [2.05, 4.69) is 40.1 Å². The number of imidazole rings is 1. The Morgan fingerprint density at radius 1 is 1.44 bits per heavy atom. The summed E-state index contributed by atoms with van der Waals surface area (Å²) in [5, 5.41) is 0. The van der Waals surface area contributed by atoms with Crippen molar-refractivity contribution in [2.24, 2.45) is 0 Å². The Bertz CT molecular complexity index is 488. The fourth-order valence-corrected chi connectivity index (χ4v) is 2.32. The lowest BCUT2D eigenvalue weighted by Gasteiger charge is -2.11. The second-order valence-electron chi connectivity index (χ2n) is 4.35. The van der Waals surface area contributed by atoms with E-state index >= 15 is 0 Å². The highest BCUT2D eigenvalue weighted by Gasteiger charge is 2.15. The Kier molecular flexibility index (Phi) is 2.17. The standard InChI is InChI=1S/C13H15N3/c1-16-7-4-11-8-10(2-3-12(11)16)9-13-14-5-6-15-13/h2-3,5-6,8H,4,7,9H2,1H3,(H,14,15). The fourth-order valence-electron chi connectivity index (χ4n) is 2.32. The number of fused-ring (bicyclic) bond motifs is 1. The van der Waals surface area contributed by atoms with Gasteiger partial charge in [-0.3, -0.25) is 0 Å². The van der Waals surface area contributed by atoms with Crippen LogP contribution in [0.1, 0.15) is 17.0 Å². The molecule has 0 radical (unpaired) electrons. The molecule has 3 heteroatoms. The van der Waals surface area contributed by atoms with Gasteiger partial charge in [0.2, 0.25) is 0 Å². The minimum absolute atomic E-state index is 0.893. The van der Waals surface area contributed by atoms with Crippen LogP contribution < -0.4 is 4.90 Å². The molecule has 1 aliphatic rings. The molecule has 0 bridgehead atoms. The van der Waals surface area contributed by atoms with Crippen molar-refractivity contribution in [3.8, 4) is 0 Å². The van der Waals surface area contributed by atoms with Crippen LogP contribution in [0.4, 0.5) is 5.69 Å². The number of nitrogens with zero attached hydrogens (tertiary/aromatic N) is 2. The van der Waals surface area contributed by atoms with Gasteiger partial charge >= 0.3 is 0 Å². The number of nitrogens with one attached hydrogen (secondary N) is 1. The van der Waals surface area contributed by atoms with Gasteiger partial charge in [0.1, 0.15) is 5.82 Å². The number of benzene rings is 1. The molecule has 1 aliphatic heterocycles. The van der Waals surface area contributed by atoms with E-state index in [1.807, 2.05) is 6.20 Å². The molecular weight excluding hydrogens is 198 g/mol. The van der Waals surface area contributed by atoms with E-state index in [-0.39, 0.29) is 0 Å². The van der Waals surface area contributed by atoms with E-state index in [4.69, 9.17) is 0 Å². The zero-order chi connectivity index (χ0) is 11.0. The maximum Gasteiger partial charge on any atom is 0.110 e. The third-order valence-electron chi connectivity index (χ3n) is 3.20. The van der Waals surface area contributed by atoms with Crippen LogP contribution >= 0.6 is 0 Å². The van der Waals surface area contributed by atoms with Gasteiger partial charge in [0.05, 0.1) is 0 Å². The van der Waals surface area contributed by atoms with Crippen molar-refractivity contribution in [1.29, 1.82) is 0 Å². The smallest absolute Gasteiger partial charge is 0.110 e. The number of likely N-dealkylation sites (N-methyl/N-ethyl adjacent to an activating group) is 1. The maximum atomic E-state index is 4.25. The predicted molar refractivity (Wildman–Crippen MR) is 64.8 cm³/mol. The quantitative estimate of drug-likeness (QED) is 0.827. The molecule has 3 nitrogen and oxygen atoms in total. The molecular formula is C13H15N3. The Morgan fingerprint density at radius 2 is 2.38 bits per heavy atom. The van der Waals surface area contributed by atoms with Crippen LogP contribution in [0.3, 0.4) is 0 Å². The molecule has 1 N–H and O–H groups in total. The lowest BCUT2D eigenvalue weighted by molar-refractivity contribution is 0.955. The van der Waals surface area contributed by atoms with Gasteiger partial charge in [-0.05, 0) is 23.6 Å². The van der Waals surface area contributed by atoms with E-state index in [1.165, 1.54) is 16.8 Å². The van der Waals surface area contributed by atoms with Crippen LogP contribution in [0.5, 0.6) is 0 Å². The summed E-state index contributed by atoms with van der Waals surface area (Å²) in [5.74, 6) is 1.03. The third-order valence-corrected chi connectivity index (χ3v) is 3.20. The van der Waals surface area contributed by atoms with Crippen molar-refractivity contribution in [2.45, 2.75) is 12.8 Å². The molecule has 0 saturated heterocycles. The molecule has 0 atom stereocenters. The van der Waals surface area contributed by atoms with Gasteiger partial charge in [-0.25, -0.2) is 4.98 Å². The van der Waals surface area contributed by atoms with E-state index in [1.54, 1.807) is 6.20 Å². The number of rotatable bonds is 2. The lowest BCUT2D eigenvalue weighted by atomic mass is 10.1. The summed E-state index contributed by atoms with van der Waals surface area (Å²) in [5.41, 5.74) is 4.18. The van der Waals surface area contributed by atoms with E-state index < -0.39 is 0 Å². The van der Waals surface area contributed by atoms with Gasteiger partial charge < -0.3 is 9.88 Å². The molecule has 1 aromatic carbocycles. The zero-order valence-corrected chi connectivity index (χ0v) is 9.40. The highest BCUT2D eigenvalue weighted by molar-refractivity contribution is 5.58. The van der Waals surface area contributed by atoms with E-state index in [0.717, 1.165) is 25.2 Å². The fraction of sp³-hybridized carbons (Fsp3) is 0.308. The summed E-state index contributed by atoms with van der Waals surface area (Å²) in [7, 11) is 2.15. The molecule has 2 heterocycles. The van der Waals surface area contributed by atoms with Crippen molar-refractivity contribution in [3.63, 3.8) is 0 Å². The minimum Gasteiger partial charge on any atom is -0.374 e. The average molecular weight is 213 g/mol. The number of aromatic nitrogens is 2. The Labute approximate surface area is 95.1 Å². The van der Waals surface area contributed by atoms with Crippen LogP contribution in [0.2, 0.25) is 0 Å². The molecule has 2 aromatic rings. The topological polar surface area (TPSA) is 31.9 Å². The van der Waals surface area contributed by atoms with Gasteiger partial charge in [0, 0.05) is 38.1 Å². The second kappa shape index (κ2) is 3.67. The molecule has 0 unspecified atom stereocenters. The summed E-state index contributed by atoms with van der Waals surface area (Å²) in [6.45, 7) is 1.14. The summed E-state index contributed by atoms with van der Waals surface area (Å²) in [6, 6.07) is 6.73. The first-order chi connectivity index (χ1) is 7.83. The number of hydrogen-bond donors (Lipinski definition) is 1. The minimum atomic E-state index is 0.893. The molecule has 0 spiro atoms. The summed E-state index contributed by atoms with van der Waals surface area (Å²) < 4.78 is 0. The maximum absolute atomic E-state index is 4.25. The van der Waals surface area contributed by atoms with Crippen molar-refractivity contribution < 1.29 is 0 Å². The first kappa shape index (κ1) is 9.46. The Morgan fingerprint density at radius 3 is 3.19 bits per heavy atom. The highest BCUT2D eigenvalue weighted by Crippen LogP contribution is 2.27. The average Bonchev–Trinajstić information content (AvgIpc) is 2.90. The van der Waals surface area contributed by atoms with Crippen LogP contribution in [0, 0.1) is 0 Å². The molecule has 0 fully saturated rings. The Balaban J connectivity index is 1.88. The van der Waals surface area contributed by atoms with Crippen LogP contribution in [0.15, 0.2) is 30.6 Å². The molecule has 0 aliphatic carbocycles.